The second kappa shape index (κ2) is 5.68. The van der Waals surface area contributed by atoms with Crippen molar-refractivity contribution >= 4 is 23.8 Å². The predicted molar refractivity (Wildman–Crippen MR) is 70.8 cm³/mol. The summed E-state index contributed by atoms with van der Waals surface area (Å²) in [5.41, 5.74) is 0.216. The molecule has 0 spiro atoms. The van der Waals surface area contributed by atoms with Gasteiger partial charge in [-0.05, 0) is 12.1 Å². The Balaban J connectivity index is 3.08. The molecule has 6 nitrogen and oxygen atoms in total. The molecule has 0 unspecified atom stereocenters. The Morgan fingerprint density at radius 2 is 1.50 bits per heavy atom. The maximum absolute atomic E-state index is 11.9. The van der Waals surface area contributed by atoms with Gasteiger partial charge in [0.05, 0.1) is 0 Å². The summed E-state index contributed by atoms with van der Waals surface area (Å²) in [6.07, 6.45) is 0. The van der Waals surface area contributed by atoms with E-state index in [1.54, 1.807) is 32.0 Å². The van der Waals surface area contributed by atoms with Crippen LogP contribution < -0.4 is 4.72 Å². The lowest BCUT2D eigenvalue weighted by atomic mass is 10.3. The quantitative estimate of drug-likeness (QED) is 0.793. The van der Waals surface area contributed by atoms with Gasteiger partial charge in [0.2, 0.25) is 0 Å². The van der Waals surface area contributed by atoms with E-state index in [1.165, 1.54) is 12.1 Å². The molecule has 0 amide bonds. The zero-order valence-electron chi connectivity index (χ0n) is 10.2. The van der Waals surface area contributed by atoms with E-state index in [2.05, 4.69) is 4.72 Å². The monoisotopic (exact) mass is 292 g/mol. The standard InChI is InChI=1S/C10H16N2O4S2/c1-3-12(4-2)18(15,16)17(13,14)11-10-8-6-5-7-9-10/h5-9,11H,3-4H2,1-2H3. The van der Waals surface area contributed by atoms with Gasteiger partial charge < -0.3 is 0 Å². The van der Waals surface area contributed by atoms with Crippen molar-refractivity contribution in [3.8, 4) is 0 Å². The van der Waals surface area contributed by atoms with E-state index in [-0.39, 0.29) is 18.8 Å². The number of para-hydroxylation sites is 1. The van der Waals surface area contributed by atoms with E-state index in [1.807, 2.05) is 0 Å². The van der Waals surface area contributed by atoms with Crippen molar-refractivity contribution in [3.63, 3.8) is 0 Å². The minimum absolute atomic E-state index is 0.106. The van der Waals surface area contributed by atoms with Crippen LogP contribution in [-0.4, -0.2) is 34.2 Å². The molecular weight excluding hydrogens is 276 g/mol. The van der Waals surface area contributed by atoms with Gasteiger partial charge in [-0.2, -0.15) is 21.1 Å². The fraction of sp³-hybridized carbons (Fsp3) is 0.400. The molecule has 0 fully saturated rings. The first-order valence-corrected chi connectivity index (χ1v) is 8.87. The number of nitrogens with zero attached hydrogens (tertiary/aromatic N) is 1. The third-order valence-corrected chi connectivity index (χ3v) is 7.05. The predicted octanol–water partition coefficient (Wildman–Crippen LogP) is 1.01. The van der Waals surface area contributed by atoms with Gasteiger partial charge in [0.1, 0.15) is 0 Å². The van der Waals surface area contributed by atoms with Gasteiger partial charge in [-0.1, -0.05) is 32.0 Å². The lowest BCUT2D eigenvalue weighted by molar-refractivity contribution is 0.454. The third-order valence-electron chi connectivity index (χ3n) is 2.32. The van der Waals surface area contributed by atoms with Gasteiger partial charge in [-0.25, -0.2) is 0 Å². The van der Waals surface area contributed by atoms with E-state index in [0.29, 0.717) is 0 Å². The molecule has 1 aromatic rings. The molecule has 0 bridgehead atoms. The summed E-state index contributed by atoms with van der Waals surface area (Å²) < 4.78 is 50.4. The number of anilines is 1. The van der Waals surface area contributed by atoms with Gasteiger partial charge in [0.15, 0.2) is 0 Å². The van der Waals surface area contributed by atoms with Crippen LogP contribution in [0.5, 0.6) is 0 Å². The highest BCUT2D eigenvalue weighted by atomic mass is 33.2. The Bertz CT molecular complexity index is 578. The molecule has 0 aliphatic carbocycles. The van der Waals surface area contributed by atoms with Gasteiger partial charge in [-0.3, -0.25) is 4.72 Å². The molecular formula is C10H16N2O4S2. The van der Waals surface area contributed by atoms with Crippen LogP contribution in [0.3, 0.4) is 0 Å². The highest BCUT2D eigenvalue weighted by Crippen LogP contribution is 2.15. The zero-order valence-corrected chi connectivity index (χ0v) is 11.8. The first-order valence-electron chi connectivity index (χ1n) is 5.43. The Kier molecular flexibility index (Phi) is 4.71. The van der Waals surface area contributed by atoms with Crippen LogP contribution >= 0.6 is 0 Å². The zero-order chi connectivity index (χ0) is 13.8. The number of hydrogen-bond donors (Lipinski definition) is 1. The lowest BCUT2D eigenvalue weighted by Gasteiger charge is -2.18. The average molecular weight is 292 g/mol. The highest BCUT2D eigenvalue weighted by Gasteiger charge is 2.34. The first kappa shape index (κ1) is 14.9. The molecule has 102 valence electrons. The topological polar surface area (TPSA) is 83.6 Å². The Morgan fingerprint density at radius 3 is 1.94 bits per heavy atom. The van der Waals surface area contributed by atoms with Crippen molar-refractivity contribution in [2.24, 2.45) is 0 Å². The second-order valence-electron chi connectivity index (χ2n) is 3.46. The second-order valence-corrected chi connectivity index (χ2v) is 8.53. The molecule has 1 N–H and O–H groups in total. The Hall–Kier alpha value is -1.12. The molecule has 0 aromatic heterocycles. The molecule has 0 radical (unpaired) electrons. The summed E-state index contributed by atoms with van der Waals surface area (Å²) >= 11 is 0. The van der Waals surface area contributed by atoms with Crippen molar-refractivity contribution in [1.82, 2.24) is 4.31 Å². The van der Waals surface area contributed by atoms with Crippen LogP contribution in [0.2, 0.25) is 0 Å². The van der Waals surface area contributed by atoms with Gasteiger partial charge in [0, 0.05) is 18.8 Å². The van der Waals surface area contributed by atoms with Gasteiger partial charge in [0.25, 0.3) is 0 Å². The molecule has 0 aliphatic rings. The van der Waals surface area contributed by atoms with Gasteiger partial charge >= 0.3 is 18.1 Å². The minimum atomic E-state index is -4.49. The molecule has 18 heavy (non-hydrogen) atoms. The molecule has 0 aliphatic heterocycles. The summed E-state index contributed by atoms with van der Waals surface area (Å²) in [5, 5.41) is 0. The van der Waals surface area contributed by atoms with Crippen molar-refractivity contribution in [2.75, 3.05) is 17.8 Å². The van der Waals surface area contributed by atoms with E-state index in [0.717, 1.165) is 4.31 Å². The maximum Gasteiger partial charge on any atom is 0.353 e. The van der Waals surface area contributed by atoms with Crippen molar-refractivity contribution < 1.29 is 16.8 Å². The van der Waals surface area contributed by atoms with Crippen LogP contribution in [0.15, 0.2) is 30.3 Å². The normalized spacial score (nSPS) is 12.6. The number of benzene rings is 1. The van der Waals surface area contributed by atoms with Gasteiger partial charge in [-0.15, -0.1) is 0 Å². The number of hydrogen-bond acceptors (Lipinski definition) is 4. The summed E-state index contributed by atoms with van der Waals surface area (Å²) in [4.78, 5) is 0. The molecule has 0 saturated carbocycles. The largest absolute Gasteiger partial charge is 0.353 e. The van der Waals surface area contributed by atoms with Crippen LogP contribution in [0.25, 0.3) is 0 Å². The highest BCUT2D eigenvalue weighted by molar-refractivity contribution is 8.66. The molecule has 1 rings (SSSR count). The smallest absolute Gasteiger partial charge is 0.270 e. The van der Waals surface area contributed by atoms with Crippen LogP contribution in [-0.2, 0) is 18.1 Å². The fourth-order valence-corrected chi connectivity index (χ4v) is 4.89. The molecule has 8 heteroatoms. The number of rotatable bonds is 6. The van der Waals surface area contributed by atoms with Crippen LogP contribution in [0.4, 0.5) is 5.69 Å². The number of nitrogens with one attached hydrogen (secondary N) is 1. The maximum atomic E-state index is 11.9. The van der Waals surface area contributed by atoms with Crippen LogP contribution in [0.1, 0.15) is 13.8 Å². The molecule has 1 aromatic carbocycles. The minimum Gasteiger partial charge on any atom is -0.270 e. The van der Waals surface area contributed by atoms with E-state index in [9.17, 15) is 16.8 Å². The summed E-state index contributed by atoms with van der Waals surface area (Å²) in [7, 11) is -8.89. The summed E-state index contributed by atoms with van der Waals surface area (Å²) in [6, 6.07) is 7.89. The lowest BCUT2D eigenvalue weighted by Crippen LogP contribution is -2.38. The fourth-order valence-electron chi connectivity index (χ4n) is 1.38. The molecule has 0 saturated heterocycles. The van der Waals surface area contributed by atoms with E-state index >= 15 is 0 Å². The Labute approximate surface area is 107 Å². The van der Waals surface area contributed by atoms with E-state index in [4.69, 9.17) is 0 Å². The van der Waals surface area contributed by atoms with Crippen LogP contribution in [0, 0.1) is 0 Å². The van der Waals surface area contributed by atoms with Crippen molar-refractivity contribution in [2.45, 2.75) is 13.8 Å². The summed E-state index contributed by atoms with van der Waals surface area (Å²) in [6.45, 7) is 3.38. The van der Waals surface area contributed by atoms with Crippen molar-refractivity contribution in [1.29, 1.82) is 0 Å². The molecule has 0 heterocycles. The SMILES string of the molecule is CCN(CC)S(=O)(=O)S(=O)(=O)Nc1ccccc1. The van der Waals surface area contributed by atoms with Crippen molar-refractivity contribution in [3.05, 3.63) is 30.3 Å². The van der Waals surface area contributed by atoms with E-state index < -0.39 is 18.1 Å². The molecule has 0 atom stereocenters. The average Bonchev–Trinajstić information content (AvgIpc) is 2.30. The third kappa shape index (κ3) is 3.01. The summed E-state index contributed by atoms with van der Waals surface area (Å²) in [5.74, 6) is 0. The Morgan fingerprint density at radius 1 is 1.00 bits per heavy atom. The first-order chi connectivity index (χ1) is 8.35.